The van der Waals surface area contributed by atoms with Gasteiger partial charge in [0, 0.05) is 0 Å². The van der Waals surface area contributed by atoms with Crippen LogP contribution in [0.4, 0.5) is 0 Å². The molecule has 0 saturated heterocycles. The van der Waals surface area contributed by atoms with E-state index >= 15 is 0 Å². The molecule has 82 valence electrons. The maximum atomic E-state index is 5.84. The van der Waals surface area contributed by atoms with E-state index in [-0.39, 0.29) is 6.10 Å². The van der Waals surface area contributed by atoms with Gasteiger partial charge in [-0.15, -0.1) is 0 Å². The van der Waals surface area contributed by atoms with E-state index in [1.165, 1.54) is 10.9 Å². The molecular weight excluding hydrogens is 200 g/mol. The lowest BCUT2D eigenvalue weighted by atomic mass is 10.2. The summed E-state index contributed by atoms with van der Waals surface area (Å²) in [6, 6.07) is 10.4. The molecule has 1 rings (SSSR count). The Morgan fingerprint density at radius 2 is 1.80 bits per heavy atom. The van der Waals surface area contributed by atoms with Gasteiger partial charge in [0.05, 0.1) is 11.5 Å². The summed E-state index contributed by atoms with van der Waals surface area (Å²) >= 11 is 0. The highest BCUT2D eigenvalue weighted by atomic mass is 28.3. The highest BCUT2D eigenvalue weighted by Crippen LogP contribution is 2.12. The van der Waals surface area contributed by atoms with E-state index in [1.54, 1.807) is 0 Å². The van der Waals surface area contributed by atoms with Gasteiger partial charge in [-0.1, -0.05) is 43.4 Å². The quantitative estimate of drug-likeness (QED) is 0.557. The second-order valence-electron chi connectivity index (χ2n) is 4.28. The lowest BCUT2D eigenvalue weighted by molar-refractivity contribution is 0.168. The Morgan fingerprint density at radius 3 is 2.27 bits per heavy atom. The molecule has 0 heterocycles. The topological polar surface area (TPSA) is 9.23 Å². The Hall–Kier alpha value is -1.02. The van der Waals surface area contributed by atoms with Gasteiger partial charge < -0.3 is 4.74 Å². The third kappa shape index (κ3) is 4.34. The molecule has 1 aromatic carbocycles. The van der Waals surface area contributed by atoms with Crippen LogP contribution in [0, 0.1) is 0 Å². The summed E-state index contributed by atoms with van der Waals surface area (Å²) in [6.07, 6.45) is 2.45. The molecule has 1 nitrogen and oxygen atoms in total. The minimum absolute atomic E-state index is 0.273. The second kappa shape index (κ2) is 5.76. The Bertz CT molecular complexity index is 315. The summed E-state index contributed by atoms with van der Waals surface area (Å²) in [7, 11) is -0.873. The molecule has 0 N–H and O–H groups in total. The monoisotopic (exact) mass is 220 g/mol. The number of hydrogen-bond donors (Lipinski definition) is 0. The minimum atomic E-state index is -0.873. The van der Waals surface area contributed by atoms with E-state index in [1.807, 2.05) is 6.07 Å². The number of rotatable bonds is 4. The Labute approximate surface area is 94.4 Å². The Balaban J connectivity index is 2.84. The van der Waals surface area contributed by atoms with Gasteiger partial charge in [0.25, 0.3) is 0 Å². The van der Waals surface area contributed by atoms with Crippen LogP contribution in [-0.4, -0.2) is 14.9 Å². The molecule has 0 radical (unpaired) electrons. The van der Waals surface area contributed by atoms with Crippen LogP contribution < -0.4 is 0 Å². The van der Waals surface area contributed by atoms with Gasteiger partial charge in [0.1, 0.15) is 8.80 Å². The number of benzene rings is 1. The number of hydrogen-bond acceptors (Lipinski definition) is 1. The summed E-state index contributed by atoms with van der Waals surface area (Å²) < 4.78 is 5.84. The average molecular weight is 220 g/mol. The highest BCUT2D eigenvalue weighted by Gasteiger charge is 2.07. The average Bonchev–Trinajstić information content (AvgIpc) is 2.17. The lowest BCUT2D eigenvalue weighted by Crippen LogP contribution is -2.13. The SMILES string of the molecule is CC(C)OC(=Cc1ccccc1)[SiH](C)C. The molecule has 15 heavy (non-hydrogen) atoms. The molecule has 0 aliphatic heterocycles. The second-order valence-corrected chi connectivity index (χ2v) is 7.16. The smallest absolute Gasteiger partial charge is 0.109 e. The van der Waals surface area contributed by atoms with Gasteiger partial charge in [0.15, 0.2) is 0 Å². The zero-order valence-corrected chi connectivity index (χ0v) is 11.2. The first-order valence-electron chi connectivity index (χ1n) is 5.53. The van der Waals surface area contributed by atoms with Crippen molar-refractivity contribution >= 4 is 14.9 Å². The van der Waals surface area contributed by atoms with Crippen molar-refractivity contribution in [3.8, 4) is 0 Å². The standard InChI is InChI=1S/C13H20OSi/c1-11(2)14-13(15(3)4)10-12-8-6-5-7-9-12/h5-11,15H,1-4H3. The van der Waals surface area contributed by atoms with Crippen LogP contribution in [0.1, 0.15) is 19.4 Å². The molecule has 0 unspecified atom stereocenters. The van der Waals surface area contributed by atoms with E-state index in [4.69, 9.17) is 4.74 Å². The predicted octanol–water partition coefficient (Wildman–Crippen LogP) is 3.48. The number of ether oxygens (including phenoxy) is 1. The molecule has 2 heteroatoms. The van der Waals surface area contributed by atoms with Crippen molar-refractivity contribution in [2.24, 2.45) is 0 Å². The summed E-state index contributed by atoms with van der Waals surface area (Å²) in [5.74, 6) is 0. The fourth-order valence-electron chi connectivity index (χ4n) is 1.32. The summed E-state index contributed by atoms with van der Waals surface area (Å²) in [4.78, 5) is 0. The van der Waals surface area contributed by atoms with Gasteiger partial charge in [-0.2, -0.15) is 0 Å². The zero-order chi connectivity index (χ0) is 11.3. The van der Waals surface area contributed by atoms with Gasteiger partial charge in [-0.25, -0.2) is 0 Å². The summed E-state index contributed by atoms with van der Waals surface area (Å²) in [6.45, 7) is 8.74. The van der Waals surface area contributed by atoms with E-state index < -0.39 is 8.80 Å². The normalized spacial score (nSPS) is 12.3. The van der Waals surface area contributed by atoms with Crippen molar-refractivity contribution in [2.45, 2.75) is 33.0 Å². The third-order valence-electron chi connectivity index (χ3n) is 2.05. The van der Waals surface area contributed by atoms with Gasteiger partial charge in [-0.05, 0) is 25.5 Å². The molecule has 0 aliphatic rings. The first-order chi connectivity index (χ1) is 7.09. The summed E-state index contributed by atoms with van der Waals surface area (Å²) in [5, 5.41) is 1.19. The molecule has 0 atom stereocenters. The van der Waals surface area contributed by atoms with E-state index in [2.05, 4.69) is 57.3 Å². The third-order valence-corrected chi connectivity index (χ3v) is 3.49. The molecular formula is C13H20OSi. The van der Waals surface area contributed by atoms with Crippen molar-refractivity contribution in [1.29, 1.82) is 0 Å². The Kier molecular flexibility index (Phi) is 4.63. The van der Waals surface area contributed by atoms with Gasteiger partial charge >= 0.3 is 0 Å². The highest BCUT2D eigenvalue weighted by molar-refractivity contribution is 6.64. The van der Waals surface area contributed by atoms with E-state index in [0.29, 0.717) is 0 Å². The Morgan fingerprint density at radius 1 is 1.20 bits per heavy atom. The molecule has 0 saturated carbocycles. The van der Waals surface area contributed by atoms with Crippen LogP contribution in [0.5, 0.6) is 0 Å². The lowest BCUT2D eigenvalue weighted by Gasteiger charge is -2.16. The van der Waals surface area contributed by atoms with Crippen molar-refractivity contribution in [3.05, 3.63) is 41.3 Å². The first kappa shape index (κ1) is 12.0. The molecule has 0 amide bonds. The minimum Gasteiger partial charge on any atom is -0.501 e. The van der Waals surface area contributed by atoms with Crippen LogP contribution in [0.25, 0.3) is 6.08 Å². The van der Waals surface area contributed by atoms with Gasteiger partial charge in [-0.3, -0.25) is 0 Å². The summed E-state index contributed by atoms with van der Waals surface area (Å²) in [5.41, 5.74) is 1.23. The van der Waals surface area contributed by atoms with Crippen molar-refractivity contribution in [2.75, 3.05) is 0 Å². The fraction of sp³-hybridized carbons (Fsp3) is 0.385. The van der Waals surface area contributed by atoms with Crippen molar-refractivity contribution in [1.82, 2.24) is 0 Å². The molecule has 1 aromatic rings. The van der Waals surface area contributed by atoms with Crippen molar-refractivity contribution in [3.63, 3.8) is 0 Å². The maximum Gasteiger partial charge on any atom is 0.109 e. The van der Waals surface area contributed by atoms with Crippen LogP contribution >= 0.6 is 0 Å². The fourth-order valence-corrected chi connectivity index (χ4v) is 2.39. The van der Waals surface area contributed by atoms with Crippen molar-refractivity contribution < 1.29 is 4.74 Å². The molecule has 0 aromatic heterocycles. The van der Waals surface area contributed by atoms with E-state index in [0.717, 1.165) is 0 Å². The van der Waals surface area contributed by atoms with Crippen LogP contribution in [0.15, 0.2) is 35.7 Å². The largest absolute Gasteiger partial charge is 0.501 e. The molecule has 0 fully saturated rings. The van der Waals surface area contributed by atoms with Crippen LogP contribution in [0.2, 0.25) is 13.1 Å². The molecule has 0 bridgehead atoms. The maximum absolute atomic E-state index is 5.84. The van der Waals surface area contributed by atoms with Gasteiger partial charge in [0.2, 0.25) is 0 Å². The molecule has 0 aliphatic carbocycles. The molecule has 0 spiro atoms. The van der Waals surface area contributed by atoms with Crippen LogP contribution in [0.3, 0.4) is 0 Å². The predicted molar refractivity (Wildman–Crippen MR) is 69.5 cm³/mol. The van der Waals surface area contributed by atoms with Crippen LogP contribution in [-0.2, 0) is 4.74 Å². The zero-order valence-electron chi connectivity index (χ0n) is 10.0. The van der Waals surface area contributed by atoms with E-state index in [9.17, 15) is 0 Å². The first-order valence-corrected chi connectivity index (χ1v) is 8.41.